The zero-order chi connectivity index (χ0) is 8.97. The van der Waals surface area contributed by atoms with E-state index in [1.54, 1.807) is 12.5 Å². The lowest BCUT2D eigenvalue weighted by Crippen LogP contribution is -2.19. The van der Waals surface area contributed by atoms with Crippen LogP contribution in [0.15, 0.2) is 12.5 Å². The summed E-state index contributed by atoms with van der Waals surface area (Å²) in [5.41, 5.74) is 6.84. The van der Waals surface area contributed by atoms with Crippen molar-refractivity contribution in [2.45, 2.75) is 13.0 Å². The molecule has 4 heteroatoms. The molecule has 4 nitrogen and oxygen atoms in total. The molecule has 0 bridgehead atoms. The molecule has 68 valence electrons. The van der Waals surface area contributed by atoms with Gasteiger partial charge in [-0.2, -0.15) is 0 Å². The molecule has 0 amide bonds. The Morgan fingerprint density at radius 2 is 2.50 bits per heavy atom. The van der Waals surface area contributed by atoms with Crippen molar-refractivity contribution in [1.29, 1.82) is 0 Å². The Hall–Kier alpha value is -0.870. The van der Waals surface area contributed by atoms with Crippen LogP contribution >= 0.6 is 0 Å². The van der Waals surface area contributed by atoms with Gasteiger partial charge in [0.15, 0.2) is 0 Å². The van der Waals surface area contributed by atoms with Crippen molar-refractivity contribution >= 4 is 0 Å². The highest BCUT2D eigenvalue weighted by atomic mass is 16.5. The highest BCUT2D eigenvalue weighted by molar-refractivity contribution is 5.03. The summed E-state index contributed by atoms with van der Waals surface area (Å²) in [6.07, 6.45) is 3.50. The standard InChI is InChI=1S/C8H15N3O/c1-3-12-5-7(9)8-4-10-6-11(8)2/h4,6-7H,3,5,9H2,1-2H3. The van der Waals surface area contributed by atoms with Crippen LogP contribution in [0.5, 0.6) is 0 Å². The largest absolute Gasteiger partial charge is 0.380 e. The topological polar surface area (TPSA) is 53.1 Å². The Bertz CT molecular complexity index is 234. The average Bonchev–Trinajstić information content (AvgIpc) is 2.47. The Morgan fingerprint density at radius 1 is 1.75 bits per heavy atom. The molecule has 1 aromatic heterocycles. The zero-order valence-electron chi connectivity index (χ0n) is 7.53. The number of rotatable bonds is 4. The number of aromatic nitrogens is 2. The molecule has 1 atom stereocenters. The first-order chi connectivity index (χ1) is 5.75. The van der Waals surface area contributed by atoms with Crippen LogP contribution in [-0.4, -0.2) is 22.8 Å². The second kappa shape index (κ2) is 4.23. The Labute approximate surface area is 72.3 Å². The highest BCUT2D eigenvalue weighted by Gasteiger charge is 2.08. The van der Waals surface area contributed by atoms with Crippen LogP contribution in [0.3, 0.4) is 0 Å². The first kappa shape index (κ1) is 9.22. The van der Waals surface area contributed by atoms with E-state index in [0.717, 1.165) is 5.69 Å². The van der Waals surface area contributed by atoms with E-state index in [-0.39, 0.29) is 6.04 Å². The molecule has 0 radical (unpaired) electrons. The number of hydrogen-bond donors (Lipinski definition) is 1. The van der Waals surface area contributed by atoms with Crippen LogP contribution in [0.1, 0.15) is 18.7 Å². The lowest BCUT2D eigenvalue weighted by atomic mass is 10.2. The second-order valence-electron chi connectivity index (χ2n) is 2.70. The van der Waals surface area contributed by atoms with E-state index in [1.165, 1.54) is 0 Å². The lowest BCUT2D eigenvalue weighted by molar-refractivity contribution is 0.132. The third-order valence-corrected chi connectivity index (χ3v) is 1.74. The fraction of sp³-hybridized carbons (Fsp3) is 0.625. The summed E-state index contributed by atoms with van der Waals surface area (Å²) in [6.45, 7) is 3.21. The summed E-state index contributed by atoms with van der Waals surface area (Å²) in [6, 6.07) is -0.0718. The Balaban J connectivity index is 2.52. The SMILES string of the molecule is CCOCC(N)c1cncn1C. The van der Waals surface area contributed by atoms with Crippen LogP contribution in [0.25, 0.3) is 0 Å². The fourth-order valence-corrected chi connectivity index (χ4v) is 1.05. The Kier molecular flexibility index (Phi) is 3.25. The maximum absolute atomic E-state index is 5.84. The van der Waals surface area contributed by atoms with Crippen molar-refractivity contribution in [2.24, 2.45) is 12.8 Å². The number of nitrogens with zero attached hydrogens (tertiary/aromatic N) is 2. The molecule has 1 aromatic rings. The first-order valence-electron chi connectivity index (χ1n) is 4.05. The van der Waals surface area contributed by atoms with Gasteiger partial charge in [-0.1, -0.05) is 0 Å². The summed E-state index contributed by atoms with van der Waals surface area (Å²) >= 11 is 0. The molecular weight excluding hydrogens is 154 g/mol. The minimum atomic E-state index is -0.0718. The highest BCUT2D eigenvalue weighted by Crippen LogP contribution is 2.07. The van der Waals surface area contributed by atoms with E-state index in [0.29, 0.717) is 13.2 Å². The minimum absolute atomic E-state index is 0.0718. The first-order valence-corrected chi connectivity index (χ1v) is 4.05. The monoisotopic (exact) mass is 169 g/mol. The summed E-state index contributed by atoms with van der Waals surface area (Å²) in [5, 5.41) is 0. The van der Waals surface area contributed by atoms with Crippen LogP contribution in [0.4, 0.5) is 0 Å². The molecular formula is C8H15N3O. The third kappa shape index (κ3) is 2.06. The molecule has 12 heavy (non-hydrogen) atoms. The van der Waals surface area contributed by atoms with Crippen molar-refractivity contribution in [3.05, 3.63) is 18.2 Å². The molecule has 0 saturated heterocycles. The zero-order valence-corrected chi connectivity index (χ0v) is 7.53. The molecule has 1 heterocycles. The molecule has 1 unspecified atom stereocenters. The van der Waals surface area contributed by atoms with Crippen LogP contribution in [-0.2, 0) is 11.8 Å². The number of ether oxygens (including phenoxy) is 1. The van der Waals surface area contributed by atoms with Gasteiger partial charge in [0.1, 0.15) is 0 Å². The van der Waals surface area contributed by atoms with Gasteiger partial charge in [0.05, 0.1) is 24.7 Å². The molecule has 0 saturated carbocycles. The van der Waals surface area contributed by atoms with E-state index >= 15 is 0 Å². The van der Waals surface area contributed by atoms with Gasteiger partial charge in [0.25, 0.3) is 0 Å². The molecule has 1 rings (SSSR count). The van der Waals surface area contributed by atoms with Gasteiger partial charge < -0.3 is 15.0 Å². The predicted octanol–water partition coefficient (Wildman–Crippen LogP) is 0.456. The van der Waals surface area contributed by atoms with Gasteiger partial charge in [0.2, 0.25) is 0 Å². The normalized spacial score (nSPS) is 13.2. The van der Waals surface area contributed by atoms with Crippen LogP contribution in [0, 0.1) is 0 Å². The van der Waals surface area contributed by atoms with Gasteiger partial charge in [-0.25, -0.2) is 4.98 Å². The van der Waals surface area contributed by atoms with Gasteiger partial charge >= 0.3 is 0 Å². The van der Waals surface area contributed by atoms with Gasteiger partial charge in [-0.15, -0.1) is 0 Å². The van der Waals surface area contributed by atoms with E-state index in [2.05, 4.69) is 4.98 Å². The fourth-order valence-electron chi connectivity index (χ4n) is 1.05. The molecule has 0 spiro atoms. The predicted molar refractivity (Wildman–Crippen MR) is 46.6 cm³/mol. The summed E-state index contributed by atoms with van der Waals surface area (Å²) < 4.78 is 7.11. The van der Waals surface area contributed by atoms with Gasteiger partial charge in [0, 0.05) is 19.9 Å². The average molecular weight is 169 g/mol. The smallest absolute Gasteiger partial charge is 0.0946 e. The number of nitrogens with two attached hydrogens (primary N) is 1. The maximum Gasteiger partial charge on any atom is 0.0946 e. The van der Waals surface area contributed by atoms with Crippen LogP contribution < -0.4 is 5.73 Å². The van der Waals surface area contributed by atoms with Crippen molar-refractivity contribution in [3.63, 3.8) is 0 Å². The van der Waals surface area contributed by atoms with E-state index in [9.17, 15) is 0 Å². The lowest BCUT2D eigenvalue weighted by Gasteiger charge is -2.11. The molecule has 0 fully saturated rings. The number of hydrogen-bond acceptors (Lipinski definition) is 3. The maximum atomic E-state index is 5.84. The summed E-state index contributed by atoms with van der Waals surface area (Å²) in [5.74, 6) is 0. The Morgan fingerprint density at radius 3 is 3.00 bits per heavy atom. The van der Waals surface area contributed by atoms with Crippen molar-refractivity contribution in [2.75, 3.05) is 13.2 Å². The van der Waals surface area contributed by atoms with Crippen molar-refractivity contribution in [3.8, 4) is 0 Å². The quantitative estimate of drug-likeness (QED) is 0.712. The minimum Gasteiger partial charge on any atom is -0.380 e. The van der Waals surface area contributed by atoms with Gasteiger partial charge in [-0.3, -0.25) is 0 Å². The summed E-state index contributed by atoms with van der Waals surface area (Å²) in [4.78, 5) is 3.98. The molecule has 0 aliphatic carbocycles. The molecule has 2 N–H and O–H groups in total. The van der Waals surface area contributed by atoms with E-state index < -0.39 is 0 Å². The molecule has 0 aliphatic rings. The second-order valence-corrected chi connectivity index (χ2v) is 2.70. The van der Waals surface area contributed by atoms with E-state index in [4.69, 9.17) is 10.5 Å². The van der Waals surface area contributed by atoms with E-state index in [1.807, 2.05) is 18.5 Å². The van der Waals surface area contributed by atoms with Crippen molar-refractivity contribution < 1.29 is 4.74 Å². The molecule has 0 aromatic carbocycles. The summed E-state index contributed by atoms with van der Waals surface area (Å²) in [7, 11) is 1.92. The van der Waals surface area contributed by atoms with Gasteiger partial charge in [-0.05, 0) is 6.92 Å². The molecule has 0 aliphatic heterocycles. The number of aryl methyl sites for hydroxylation is 1. The number of imidazole rings is 1. The third-order valence-electron chi connectivity index (χ3n) is 1.74. The van der Waals surface area contributed by atoms with Crippen molar-refractivity contribution in [1.82, 2.24) is 9.55 Å². The van der Waals surface area contributed by atoms with Crippen LogP contribution in [0.2, 0.25) is 0 Å².